The van der Waals surface area contributed by atoms with E-state index in [4.69, 9.17) is 62.7 Å². The summed E-state index contributed by atoms with van der Waals surface area (Å²) in [5, 5.41) is 38.0. The Bertz CT molecular complexity index is 2630. The molecule has 0 aliphatic carbocycles. The van der Waals surface area contributed by atoms with Crippen molar-refractivity contribution in [3.63, 3.8) is 0 Å². The Morgan fingerprint density at radius 1 is 0.635 bits per heavy atom. The number of methoxy groups -OCH3 is 4. The molecule has 2 aromatic rings. The van der Waals surface area contributed by atoms with Crippen molar-refractivity contribution >= 4 is 106 Å². The number of nitrogens with one attached hydrogen (secondary N) is 2. The summed E-state index contributed by atoms with van der Waals surface area (Å²) >= 11 is 11.9. The van der Waals surface area contributed by atoms with Gasteiger partial charge in [0.1, 0.15) is 24.9 Å². The van der Waals surface area contributed by atoms with Crippen molar-refractivity contribution in [3.05, 3.63) is 55.6 Å². The number of ketones is 2. The number of ether oxygens (including phenoxy) is 6. The molecule has 3 rings (SSSR count). The van der Waals surface area contributed by atoms with Crippen LogP contribution in [0.1, 0.15) is 126 Å². The largest absolute Gasteiger partial charge is 0.493 e. The summed E-state index contributed by atoms with van der Waals surface area (Å²) in [5.41, 5.74) is -0.700. The Hall–Kier alpha value is -7.73. The number of Topliss-reactive ketones (excluding diaryl/α,β-unsaturated/α-hetero) is 2. The van der Waals surface area contributed by atoms with E-state index in [1.807, 2.05) is 0 Å². The number of thiol groups is 1. The highest BCUT2D eigenvalue weighted by molar-refractivity contribution is 7.79. The van der Waals surface area contributed by atoms with Crippen molar-refractivity contribution in [2.24, 2.45) is 0 Å². The third-order valence-corrected chi connectivity index (χ3v) is 12.9. The van der Waals surface area contributed by atoms with E-state index >= 15 is 0 Å². The van der Waals surface area contributed by atoms with Gasteiger partial charge in [-0.2, -0.15) is 12.5 Å². The highest BCUT2D eigenvalue weighted by Crippen LogP contribution is 2.41. The van der Waals surface area contributed by atoms with Crippen molar-refractivity contribution in [1.29, 1.82) is 1.12 Å². The number of alkyl carbamates (subject to hydrolysis) is 2. The van der Waals surface area contributed by atoms with Crippen LogP contribution < -0.4 is 29.6 Å². The SMILES string of the molecule is COc1cc(C(CCN(C)C(=O)CCCCC(=O)O)OC(=O)NCCCC(=O)CCl)c([N+](=O)[O-])cc1OC.COc1cc(C(CCN(C)C(=O)CCCCC(=O)ON2C(=O)CCC2=O)OC(=O)NCCCC(=O)CCl)c([N+](=O)[O-])cc1OC.[2H]SC. The number of unbranched alkanes of at least 4 members (excludes halogenated alkanes) is 2. The molecule has 0 radical (unpaired) electrons. The van der Waals surface area contributed by atoms with E-state index in [2.05, 4.69) is 10.6 Å². The van der Waals surface area contributed by atoms with Crippen molar-refractivity contribution in [2.45, 2.75) is 115 Å². The van der Waals surface area contributed by atoms with Crippen molar-refractivity contribution in [3.8, 4) is 23.0 Å². The number of carboxylic acids is 1. The number of rotatable bonds is 37. The minimum Gasteiger partial charge on any atom is -0.493 e. The van der Waals surface area contributed by atoms with E-state index in [0.717, 1.165) is 24.7 Å². The molecule has 1 fully saturated rings. The van der Waals surface area contributed by atoms with Gasteiger partial charge in [0.15, 0.2) is 23.0 Å². The minimum absolute atomic E-state index is 0.0134. The first-order valence-corrected chi connectivity index (χ1v) is 28.4. The highest BCUT2D eigenvalue weighted by Gasteiger charge is 2.34. The number of hydrogen-bond acceptors (Lipinski definition) is 22. The lowest BCUT2D eigenvalue weighted by Crippen LogP contribution is -2.32. The number of nitro groups is 2. The molecule has 1 aliphatic rings. The Labute approximate surface area is 507 Å². The molecule has 29 nitrogen and oxygen atoms in total. The van der Waals surface area contributed by atoms with E-state index in [9.17, 15) is 68.2 Å². The van der Waals surface area contributed by atoms with Crippen LogP contribution in [-0.4, -0.2) is 177 Å². The number of nitro benzene ring substituents is 2. The van der Waals surface area contributed by atoms with Crippen molar-refractivity contribution in [2.75, 3.05) is 86.7 Å². The average Bonchev–Trinajstić information content (AvgIpc) is 2.67. The molecule has 474 valence electrons. The van der Waals surface area contributed by atoms with Gasteiger partial charge in [0.05, 0.1) is 73.3 Å². The zero-order chi connectivity index (χ0) is 64.9. The molecule has 1 heterocycles. The summed E-state index contributed by atoms with van der Waals surface area (Å²) in [6.07, 6.45) is -0.0774. The Morgan fingerprint density at radius 3 is 1.33 bits per heavy atom. The number of carboxylic acid groups (broad SMARTS) is 1. The number of carbonyl (C=O) groups excluding carboxylic acids is 9. The fourth-order valence-electron chi connectivity index (χ4n) is 7.74. The number of aliphatic carboxylic acids is 1. The molecule has 0 aromatic heterocycles. The van der Waals surface area contributed by atoms with Gasteiger partial charge in [-0.05, 0) is 56.9 Å². The molecule has 0 saturated carbocycles. The van der Waals surface area contributed by atoms with Gasteiger partial charge in [0, 0.05) is 104 Å². The second-order valence-electron chi connectivity index (χ2n) is 18.3. The molecule has 1 saturated heterocycles. The molecule has 2 unspecified atom stereocenters. The lowest BCUT2D eigenvalue weighted by atomic mass is 10.0. The lowest BCUT2D eigenvalue weighted by Gasteiger charge is -2.23. The molecule has 85 heavy (non-hydrogen) atoms. The van der Waals surface area contributed by atoms with Crippen molar-refractivity contribution < 1.29 is 96.2 Å². The van der Waals surface area contributed by atoms with Crippen LogP contribution in [0, 0.1) is 20.2 Å². The number of hydrogen-bond donors (Lipinski definition) is 4. The third kappa shape index (κ3) is 27.7. The summed E-state index contributed by atoms with van der Waals surface area (Å²) in [6, 6.07) is 4.99. The maximum atomic E-state index is 12.7. The maximum Gasteiger partial charge on any atom is 0.407 e. The zero-order valence-corrected chi connectivity index (χ0v) is 50.8. The van der Waals surface area contributed by atoms with Crippen LogP contribution in [0.3, 0.4) is 0 Å². The lowest BCUT2D eigenvalue weighted by molar-refractivity contribution is -0.386. The highest BCUT2D eigenvalue weighted by atomic mass is 35.5. The fraction of sp³-hybridized carbons (Fsp3) is 0.585. The predicted octanol–water partition coefficient (Wildman–Crippen LogP) is 6.99. The molecular formula is C53H75Cl2N7O22S. The van der Waals surface area contributed by atoms with Crippen LogP contribution in [0.2, 0.25) is 0 Å². The molecule has 2 aromatic carbocycles. The third-order valence-electron chi connectivity index (χ3n) is 12.3. The monoisotopic (exact) mass is 1260 g/mol. The molecule has 1 aliphatic heterocycles. The topological polar surface area (TPSA) is 376 Å². The Kier molecular flexibility index (Phi) is 35.7. The summed E-state index contributed by atoms with van der Waals surface area (Å²) in [4.78, 5) is 149. The predicted molar refractivity (Wildman–Crippen MR) is 308 cm³/mol. The molecule has 0 spiro atoms. The van der Waals surface area contributed by atoms with Gasteiger partial charge in [0.25, 0.3) is 23.2 Å². The van der Waals surface area contributed by atoms with Gasteiger partial charge in [-0.15, -0.1) is 28.3 Å². The van der Waals surface area contributed by atoms with E-state index < -0.39 is 63.7 Å². The van der Waals surface area contributed by atoms with E-state index in [1.54, 1.807) is 6.26 Å². The van der Waals surface area contributed by atoms with Crippen LogP contribution in [0.4, 0.5) is 21.0 Å². The van der Waals surface area contributed by atoms with E-state index in [1.165, 1.54) is 64.5 Å². The number of amides is 6. The normalized spacial score (nSPS) is 12.2. The number of imide groups is 1. The van der Waals surface area contributed by atoms with Crippen LogP contribution >= 0.6 is 35.7 Å². The molecule has 0 bridgehead atoms. The van der Waals surface area contributed by atoms with Gasteiger partial charge in [-0.25, -0.2) is 14.4 Å². The number of nitrogens with zero attached hydrogens (tertiary/aromatic N) is 5. The summed E-state index contributed by atoms with van der Waals surface area (Å²) in [7, 11) is 8.39. The molecule has 3 N–H and O–H groups in total. The van der Waals surface area contributed by atoms with Crippen LogP contribution in [0.25, 0.3) is 0 Å². The second kappa shape index (κ2) is 41.3. The first-order chi connectivity index (χ1) is 40.9. The van der Waals surface area contributed by atoms with Gasteiger partial charge < -0.3 is 58.8 Å². The number of benzene rings is 2. The first-order valence-electron chi connectivity index (χ1n) is 26.9. The van der Waals surface area contributed by atoms with E-state index in [-0.39, 0.29) is 172 Å². The van der Waals surface area contributed by atoms with Gasteiger partial charge in [-0.1, -0.05) is 0 Å². The van der Waals surface area contributed by atoms with E-state index in [0.29, 0.717) is 37.2 Å². The van der Waals surface area contributed by atoms with Crippen LogP contribution in [0.5, 0.6) is 23.0 Å². The van der Waals surface area contributed by atoms with Gasteiger partial charge in [-0.3, -0.25) is 53.8 Å². The summed E-state index contributed by atoms with van der Waals surface area (Å²) < 4.78 is 38.1. The van der Waals surface area contributed by atoms with Crippen LogP contribution in [-0.2, 0) is 52.7 Å². The molecular weight excluding hydrogens is 1190 g/mol. The summed E-state index contributed by atoms with van der Waals surface area (Å²) in [5.74, 6) is -3.48. The number of hydroxylamine groups is 2. The fourth-order valence-corrected chi connectivity index (χ4v) is 8.01. The van der Waals surface area contributed by atoms with Crippen LogP contribution in [0.15, 0.2) is 24.3 Å². The summed E-state index contributed by atoms with van der Waals surface area (Å²) in [6.45, 7) is 0.342. The Balaban J connectivity index is 0.000000833. The quantitative estimate of drug-likeness (QED) is 0.0132. The van der Waals surface area contributed by atoms with Gasteiger partial charge in [0.2, 0.25) is 11.8 Å². The minimum atomic E-state index is -1.18. The maximum absolute atomic E-state index is 12.7. The number of alkyl halides is 2. The molecule has 6 amide bonds. The first kappa shape index (κ1) is 73.4. The number of carbonyl (C=O) groups is 10. The smallest absolute Gasteiger partial charge is 0.407 e. The Morgan fingerprint density at radius 2 is 0.988 bits per heavy atom. The molecule has 32 heteroatoms. The second-order valence-corrected chi connectivity index (χ2v) is 18.8. The van der Waals surface area contributed by atoms with Gasteiger partial charge >= 0.3 is 24.1 Å². The average molecular weight is 1270 g/mol. The number of halogens is 2. The zero-order valence-electron chi connectivity index (χ0n) is 49.4. The van der Waals surface area contributed by atoms with Crippen molar-refractivity contribution in [1.82, 2.24) is 25.5 Å². The standard InChI is InChI=1S/C28H37ClN4O12.C24H34ClN3O10.CH4S/c1-31(24(35)8-4-5-9-27(38)45-32-25(36)10-11-26(32)37)14-12-21(44-28(39)30-13-6-7-18(34)17-29)19-15-22(42-2)23(43-3)16-20(19)33(40)41;1-27(22(30)8-4-5-9-23(31)32)12-10-19(38-24(33)26-11-6-7-16(29)15-25)17-13-20(36-2)21(37-3)14-18(17)28(34)35;1-2/h15-16,21H,4-14,17H2,1-3H3,(H,30,39);13-14,19H,4-12,15H2,1-3H3,(H,26,33)(H,31,32);2H,1H3/i/hD. The molecule has 2 atom stereocenters.